The van der Waals surface area contributed by atoms with Crippen molar-refractivity contribution in [1.82, 2.24) is 9.78 Å². The molecule has 3 nitrogen and oxygen atoms in total. The summed E-state index contributed by atoms with van der Waals surface area (Å²) in [4.78, 5) is 0. The predicted octanol–water partition coefficient (Wildman–Crippen LogP) is 3.76. The SMILES string of the molecule is CCCn1nccc1C(N)c1ccc(Cl)cc1Br. The second kappa shape index (κ2) is 5.87. The van der Waals surface area contributed by atoms with Gasteiger partial charge in [0.1, 0.15) is 0 Å². The van der Waals surface area contributed by atoms with Crippen LogP contribution in [-0.4, -0.2) is 9.78 Å². The van der Waals surface area contributed by atoms with Gasteiger partial charge < -0.3 is 5.73 Å². The van der Waals surface area contributed by atoms with Crippen LogP contribution in [0.25, 0.3) is 0 Å². The van der Waals surface area contributed by atoms with Gasteiger partial charge in [-0.25, -0.2) is 0 Å². The maximum Gasteiger partial charge on any atom is 0.0734 e. The molecule has 0 aliphatic carbocycles. The molecule has 2 aromatic rings. The number of nitrogens with zero attached hydrogens (tertiary/aromatic N) is 2. The Morgan fingerprint density at radius 2 is 2.22 bits per heavy atom. The van der Waals surface area contributed by atoms with Crippen LogP contribution in [0, 0.1) is 0 Å². The van der Waals surface area contributed by atoms with Crippen molar-refractivity contribution in [3.63, 3.8) is 0 Å². The summed E-state index contributed by atoms with van der Waals surface area (Å²) in [6, 6.07) is 7.41. The van der Waals surface area contributed by atoms with E-state index in [-0.39, 0.29) is 6.04 Å². The molecule has 1 aromatic heterocycles. The van der Waals surface area contributed by atoms with E-state index in [4.69, 9.17) is 17.3 Å². The molecular formula is C13H15BrClN3. The maximum absolute atomic E-state index is 6.31. The molecule has 1 unspecified atom stereocenters. The molecule has 0 bridgehead atoms. The number of nitrogens with two attached hydrogens (primary N) is 1. The normalized spacial score (nSPS) is 12.7. The first-order valence-corrected chi connectivity index (χ1v) is 7.02. The number of hydrogen-bond acceptors (Lipinski definition) is 2. The van der Waals surface area contributed by atoms with Crippen molar-refractivity contribution in [2.45, 2.75) is 25.9 Å². The van der Waals surface area contributed by atoms with Crippen LogP contribution in [0.3, 0.4) is 0 Å². The Kier molecular flexibility index (Phi) is 4.43. The molecule has 5 heteroatoms. The van der Waals surface area contributed by atoms with Crippen LogP contribution < -0.4 is 5.73 Å². The number of halogens is 2. The van der Waals surface area contributed by atoms with Gasteiger partial charge in [-0.1, -0.05) is 40.5 Å². The predicted molar refractivity (Wildman–Crippen MR) is 77.7 cm³/mol. The summed E-state index contributed by atoms with van der Waals surface area (Å²) in [6.45, 7) is 3.00. The highest BCUT2D eigenvalue weighted by molar-refractivity contribution is 9.10. The zero-order chi connectivity index (χ0) is 13.1. The number of aromatic nitrogens is 2. The fourth-order valence-corrected chi connectivity index (χ4v) is 2.85. The first-order chi connectivity index (χ1) is 8.63. The molecular weight excluding hydrogens is 314 g/mol. The number of benzene rings is 1. The van der Waals surface area contributed by atoms with Gasteiger partial charge in [0.2, 0.25) is 0 Å². The molecule has 1 heterocycles. The van der Waals surface area contributed by atoms with Crippen LogP contribution in [0.1, 0.15) is 30.6 Å². The van der Waals surface area contributed by atoms with E-state index in [9.17, 15) is 0 Å². The summed E-state index contributed by atoms with van der Waals surface area (Å²) in [5.41, 5.74) is 8.33. The second-order valence-electron chi connectivity index (χ2n) is 4.12. The maximum atomic E-state index is 6.31. The van der Waals surface area contributed by atoms with Gasteiger partial charge in [0.05, 0.1) is 11.7 Å². The van der Waals surface area contributed by atoms with Crippen LogP contribution in [0.4, 0.5) is 0 Å². The highest BCUT2D eigenvalue weighted by Gasteiger charge is 2.16. The molecule has 1 atom stereocenters. The van der Waals surface area contributed by atoms with Crippen LogP contribution in [0.5, 0.6) is 0 Å². The van der Waals surface area contributed by atoms with Gasteiger partial charge >= 0.3 is 0 Å². The lowest BCUT2D eigenvalue weighted by atomic mass is 10.0. The minimum absolute atomic E-state index is 0.203. The fraction of sp³-hybridized carbons (Fsp3) is 0.308. The van der Waals surface area contributed by atoms with Gasteiger partial charge in [-0.2, -0.15) is 5.10 Å². The van der Waals surface area contributed by atoms with Crippen LogP contribution in [-0.2, 0) is 6.54 Å². The zero-order valence-corrected chi connectivity index (χ0v) is 12.4. The third-order valence-corrected chi connectivity index (χ3v) is 3.72. The minimum Gasteiger partial charge on any atom is -0.319 e. The standard InChI is InChI=1S/C13H15BrClN3/c1-2-7-18-12(5-6-17-18)13(16)10-4-3-9(15)8-11(10)14/h3-6,8,13H,2,7,16H2,1H3. The Labute approximate surface area is 120 Å². The monoisotopic (exact) mass is 327 g/mol. The molecule has 18 heavy (non-hydrogen) atoms. The molecule has 0 amide bonds. The second-order valence-corrected chi connectivity index (χ2v) is 5.41. The van der Waals surface area contributed by atoms with E-state index >= 15 is 0 Å². The van der Waals surface area contributed by atoms with Crippen LogP contribution in [0.15, 0.2) is 34.9 Å². The summed E-state index contributed by atoms with van der Waals surface area (Å²) >= 11 is 9.44. The lowest BCUT2D eigenvalue weighted by Gasteiger charge is -2.16. The smallest absolute Gasteiger partial charge is 0.0734 e. The first kappa shape index (κ1) is 13.6. The van der Waals surface area contributed by atoms with Crippen molar-refractivity contribution >= 4 is 27.5 Å². The number of rotatable bonds is 4. The van der Waals surface area contributed by atoms with Gasteiger partial charge in [0.15, 0.2) is 0 Å². The lowest BCUT2D eigenvalue weighted by molar-refractivity contribution is 0.559. The molecule has 0 fully saturated rings. The average Bonchev–Trinajstić information content (AvgIpc) is 2.77. The number of aryl methyl sites for hydroxylation is 1. The topological polar surface area (TPSA) is 43.8 Å². The van der Waals surface area contributed by atoms with Crippen molar-refractivity contribution in [2.75, 3.05) is 0 Å². The number of hydrogen-bond donors (Lipinski definition) is 1. The quantitative estimate of drug-likeness (QED) is 0.928. The average molecular weight is 329 g/mol. The summed E-state index contributed by atoms with van der Waals surface area (Å²) in [5, 5.41) is 4.99. The van der Waals surface area contributed by atoms with E-state index < -0.39 is 0 Å². The Balaban J connectivity index is 2.35. The van der Waals surface area contributed by atoms with Crippen molar-refractivity contribution in [3.8, 4) is 0 Å². The molecule has 0 aliphatic heterocycles. The van der Waals surface area contributed by atoms with Gasteiger partial charge in [-0.15, -0.1) is 0 Å². The van der Waals surface area contributed by atoms with E-state index in [1.807, 2.05) is 28.9 Å². The van der Waals surface area contributed by atoms with Gasteiger partial charge in [-0.3, -0.25) is 4.68 Å². The van der Waals surface area contributed by atoms with E-state index in [2.05, 4.69) is 28.0 Å². The molecule has 2 N–H and O–H groups in total. The van der Waals surface area contributed by atoms with E-state index in [0.717, 1.165) is 28.7 Å². The Bertz CT molecular complexity index is 539. The summed E-state index contributed by atoms with van der Waals surface area (Å²) < 4.78 is 2.87. The van der Waals surface area contributed by atoms with Crippen molar-refractivity contribution in [1.29, 1.82) is 0 Å². The Hall–Kier alpha value is -0.840. The van der Waals surface area contributed by atoms with Gasteiger partial charge in [-0.05, 0) is 30.2 Å². The molecule has 1 aromatic carbocycles. The molecule has 0 aliphatic rings. The first-order valence-electron chi connectivity index (χ1n) is 5.85. The van der Waals surface area contributed by atoms with E-state index in [1.54, 1.807) is 6.20 Å². The van der Waals surface area contributed by atoms with Crippen LogP contribution in [0.2, 0.25) is 5.02 Å². The molecule has 0 saturated carbocycles. The van der Waals surface area contributed by atoms with Crippen molar-refractivity contribution in [3.05, 3.63) is 51.2 Å². The third kappa shape index (κ3) is 2.76. The Morgan fingerprint density at radius 1 is 1.44 bits per heavy atom. The zero-order valence-electron chi connectivity index (χ0n) is 10.1. The van der Waals surface area contributed by atoms with E-state index in [0.29, 0.717) is 5.02 Å². The molecule has 0 radical (unpaired) electrons. The highest BCUT2D eigenvalue weighted by Crippen LogP contribution is 2.29. The molecule has 2 rings (SSSR count). The Morgan fingerprint density at radius 3 is 2.89 bits per heavy atom. The largest absolute Gasteiger partial charge is 0.319 e. The molecule has 0 saturated heterocycles. The molecule has 96 valence electrons. The van der Waals surface area contributed by atoms with Gasteiger partial charge in [0.25, 0.3) is 0 Å². The fourth-order valence-electron chi connectivity index (χ4n) is 1.92. The van der Waals surface area contributed by atoms with Crippen LogP contribution >= 0.6 is 27.5 Å². The lowest BCUT2D eigenvalue weighted by Crippen LogP contribution is -2.18. The summed E-state index contributed by atoms with van der Waals surface area (Å²) in [7, 11) is 0. The van der Waals surface area contributed by atoms with Crippen molar-refractivity contribution < 1.29 is 0 Å². The third-order valence-electron chi connectivity index (χ3n) is 2.80. The summed E-state index contributed by atoms with van der Waals surface area (Å²) in [5.74, 6) is 0. The summed E-state index contributed by atoms with van der Waals surface area (Å²) in [6.07, 6.45) is 2.82. The minimum atomic E-state index is -0.203. The van der Waals surface area contributed by atoms with Gasteiger partial charge in [0, 0.05) is 22.2 Å². The van der Waals surface area contributed by atoms with E-state index in [1.165, 1.54) is 0 Å². The van der Waals surface area contributed by atoms with Crippen molar-refractivity contribution in [2.24, 2.45) is 5.73 Å². The molecule has 0 spiro atoms. The highest BCUT2D eigenvalue weighted by atomic mass is 79.9.